The SMILES string of the molecule is O=C(Nc1c(Cl)cccc1Cl)c1ccc(NCc2ccc(F)cc2)nc1. The predicted octanol–water partition coefficient (Wildman–Crippen LogP) is 5.39. The van der Waals surface area contributed by atoms with Gasteiger partial charge in [-0.3, -0.25) is 4.79 Å². The van der Waals surface area contributed by atoms with E-state index in [0.29, 0.717) is 33.7 Å². The topological polar surface area (TPSA) is 54.0 Å². The number of pyridine rings is 1. The Hall–Kier alpha value is -2.63. The van der Waals surface area contributed by atoms with Gasteiger partial charge in [0.15, 0.2) is 0 Å². The molecule has 2 N–H and O–H groups in total. The number of benzene rings is 2. The number of hydrogen-bond acceptors (Lipinski definition) is 3. The number of hydrogen-bond donors (Lipinski definition) is 2. The number of amides is 1. The molecule has 0 aliphatic carbocycles. The van der Waals surface area contributed by atoms with Crippen molar-refractivity contribution in [2.24, 2.45) is 0 Å². The van der Waals surface area contributed by atoms with Crippen LogP contribution in [-0.2, 0) is 6.54 Å². The quantitative estimate of drug-likeness (QED) is 0.614. The standard InChI is InChI=1S/C19H14Cl2FN3O/c20-15-2-1-3-16(21)18(15)25-19(26)13-6-9-17(24-11-13)23-10-12-4-7-14(22)8-5-12/h1-9,11H,10H2,(H,23,24)(H,25,26). The molecule has 0 radical (unpaired) electrons. The summed E-state index contributed by atoms with van der Waals surface area (Å²) in [6.45, 7) is 0.494. The van der Waals surface area contributed by atoms with Crippen LogP contribution in [0.4, 0.5) is 15.9 Å². The van der Waals surface area contributed by atoms with E-state index in [1.807, 2.05) is 0 Å². The van der Waals surface area contributed by atoms with E-state index in [-0.39, 0.29) is 11.7 Å². The number of carbonyl (C=O) groups excluding carboxylic acids is 1. The van der Waals surface area contributed by atoms with E-state index in [0.717, 1.165) is 5.56 Å². The smallest absolute Gasteiger partial charge is 0.257 e. The largest absolute Gasteiger partial charge is 0.366 e. The minimum Gasteiger partial charge on any atom is -0.366 e. The van der Waals surface area contributed by atoms with Gasteiger partial charge in [0.2, 0.25) is 0 Å². The Bertz CT molecular complexity index is 895. The molecule has 0 unspecified atom stereocenters. The van der Waals surface area contributed by atoms with Crippen molar-refractivity contribution >= 4 is 40.6 Å². The van der Waals surface area contributed by atoms with E-state index < -0.39 is 0 Å². The molecular formula is C19H14Cl2FN3O. The molecule has 0 aliphatic heterocycles. The summed E-state index contributed by atoms with van der Waals surface area (Å²) in [4.78, 5) is 16.5. The second-order valence-corrected chi connectivity index (χ2v) is 6.28. The van der Waals surface area contributed by atoms with Crippen LogP contribution in [0.5, 0.6) is 0 Å². The first-order valence-electron chi connectivity index (χ1n) is 7.72. The maximum Gasteiger partial charge on any atom is 0.257 e. The van der Waals surface area contributed by atoms with Crippen molar-refractivity contribution in [1.29, 1.82) is 0 Å². The van der Waals surface area contributed by atoms with E-state index in [4.69, 9.17) is 23.2 Å². The van der Waals surface area contributed by atoms with Crippen LogP contribution in [-0.4, -0.2) is 10.9 Å². The third-order valence-corrected chi connectivity index (χ3v) is 4.24. The number of nitrogens with zero attached hydrogens (tertiary/aromatic N) is 1. The van der Waals surface area contributed by atoms with Crippen LogP contribution >= 0.6 is 23.2 Å². The first-order chi connectivity index (χ1) is 12.5. The summed E-state index contributed by atoms with van der Waals surface area (Å²) in [5, 5.41) is 6.50. The van der Waals surface area contributed by atoms with E-state index in [1.54, 1.807) is 42.5 Å². The Balaban J connectivity index is 1.63. The van der Waals surface area contributed by atoms with E-state index in [1.165, 1.54) is 18.3 Å². The molecule has 7 heteroatoms. The fourth-order valence-electron chi connectivity index (χ4n) is 2.23. The van der Waals surface area contributed by atoms with Crippen molar-refractivity contribution in [1.82, 2.24) is 4.98 Å². The van der Waals surface area contributed by atoms with Crippen molar-refractivity contribution in [2.45, 2.75) is 6.54 Å². The average molecular weight is 390 g/mol. The van der Waals surface area contributed by atoms with Crippen molar-refractivity contribution in [3.8, 4) is 0 Å². The summed E-state index contributed by atoms with van der Waals surface area (Å²) in [5.41, 5.74) is 1.65. The molecule has 4 nitrogen and oxygen atoms in total. The van der Waals surface area contributed by atoms with Crippen LogP contribution in [0.15, 0.2) is 60.8 Å². The Morgan fingerprint density at radius 3 is 2.31 bits per heavy atom. The second-order valence-electron chi connectivity index (χ2n) is 5.46. The molecule has 0 saturated carbocycles. The highest BCUT2D eigenvalue weighted by molar-refractivity contribution is 6.40. The Morgan fingerprint density at radius 2 is 1.69 bits per heavy atom. The third kappa shape index (κ3) is 4.50. The van der Waals surface area contributed by atoms with E-state index in [2.05, 4.69) is 15.6 Å². The van der Waals surface area contributed by atoms with Gasteiger partial charge in [-0.15, -0.1) is 0 Å². The molecule has 26 heavy (non-hydrogen) atoms. The number of halogens is 3. The van der Waals surface area contributed by atoms with Crippen LogP contribution in [0, 0.1) is 5.82 Å². The molecule has 0 fully saturated rings. The number of nitrogens with one attached hydrogen (secondary N) is 2. The average Bonchev–Trinajstić information content (AvgIpc) is 2.65. The molecule has 132 valence electrons. The van der Waals surface area contributed by atoms with Gasteiger partial charge in [-0.1, -0.05) is 41.4 Å². The minimum absolute atomic E-state index is 0.277. The highest BCUT2D eigenvalue weighted by Crippen LogP contribution is 2.30. The van der Waals surface area contributed by atoms with Gasteiger partial charge in [0.1, 0.15) is 11.6 Å². The lowest BCUT2D eigenvalue weighted by Gasteiger charge is -2.10. The number of para-hydroxylation sites is 1. The van der Waals surface area contributed by atoms with Gasteiger partial charge in [0.25, 0.3) is 5.91 Å². The van der Waals surface area contributed by atoms with Crippen LogP contribution in [0.25, 0.3) is 0 Å². The lowest BCUT2D eigenvalue weighted by molar-refractivity contribution is 0.102. The summed E-state index contributed by atoms with van der Waals surface area (Å²) in [6, 6.07) is 14.5. The first kappa shape index (κ1) is 18.2. The predicted molar refractivity (Wildman–Crippen MR) is 102 cm³/mol. The Kier molecular flexibility index (Phi) is 5.71. The maximum atomic E-state index is 12.9. The van der Waals surface area contributed by atoms with E-state index in [9.17, 15) is 9.18 Å². The van der Waals surface area contributed by atoms with Gasteiger partial charge in [0.05, 0.1) is 21.3 Å². The first-order valence-corrected chi connectivity index (χ1v) is 8.48. The fourth-order valence-corrected chi connectivity index (χ4v) is 2.72. The number of carbonyl (C=O) groups is 1. The molecule has 1 heterocycles. The van der Waals surface area contributed by atoms with Gasteiger partial charge in [-0.25, -0.2) is 9.37 Å². The monoisotopic (exact) mass is 389 g/mol. The van der Waals surface area contributed by atoms with Crippen LogP contribution in [0.1, 0.15) is 15.9 Å². The highest BCUT2D eigenvalue weighted by Gasteiger charge is 2.11. The number of aromatic nitrogens is 1. The Morgan fingerprint density at radius 1 is 1.00 bits per heavy atom. The van der Waals surface area contributed by atoms with Crippen LogP contribution in [0.2, 0.25) is 10.0 Å². The molecule has 0 spiro atoms. The van der Waals surface area contributed by atoms with Crippen molar-refractivity contribution < 1.29 is 9.18 Å². The molecule has 3 rings (SSSR count). The zero-order valence-corrected chi connectivity index (χ0v) is 15.0. The molecule has 1 amide bonds. The summed E-state index contributed by atoms with van der Waals surface area (Å²) in [6.07, 6.45) is 1.45. The van der Waals surface area contributed by atoms with Gasteiger partial charge in [0, 0.05) is 12.7 Å². The van der Waals surface area contributed by atoms with Crippen molar-refractivity contribution in [3.63, 3.8) is 0 Å². The minimum atomic E-state index is -0.363. The zero-order valence-electron chi connectivity index (χ0n) is 13.5. The molecule has 0 aliphatic rings. The van der Waals surface area contributed by atoms with Gasteiger partial charge in [-0.05, 0) is 42.0 Å². The lowest BCUT2D eigenvalue weighted by atomic mass is 10.2. The highest BCUT2D eigenvalue weighted by atomic mass is 35.5. The molecular weight excluding hydrogens is 376 g/mol. The second kappa shape index (κ2) is 8.17. The summed E-state index contributed by atoms with van der Waals surface area (Å²) in [7, 11) is 0. The van der Waals surface area contributed by atoms with Crippen LogP contribution < -0.4 is 10.6 Å². The van der Waals surface area contributed by atoms with Gasteiger partial charge >= 0.3 is 0 Å². The Labute approximate surface area is 160 Å². The summed E-state index contributed by atoms with van der Waals surface area (Å²) < 4.78 is 12.9. The molecule has 2 aromatic carbocycles. The van der Waals surface area contributed by atoms with Crippen LogP contribution in [0.3, 0.4) is 0 Å². The lowest BCUT2D eigenvalue weighted by Crippen LogP contribution is -2.13. The number of rotatable bonds is 5. The molecule has 0 bridgehead atoms. The van der Waals surface area contributed by atoms with E-state index >= 15 is 0 Å². The third-order valence-electron chi connectivity index (χ3n) is 3.61. The summed E-state index contributed by atoms with van der Waals surface area (Å²) >= 11 is 12.1. The molecule has 0 atom stereocenters. The maximum absolute atomic E-state index is 12.9. The normalized spacial score (nSPS) is 10.4. The van der Waals surface area contributed by atoms with Crippen molar-refractivity contribution in [2.75, 3.05) is 10.6 Å². The molecule has 1 aromatic heterocycles. The molecule has 3 aromatic rings. The molecule has 0 saturated heterocycles. The fraction of sp³-hybridized carbons (Fsp3) is 0.0526. The van der Waals surface area contributed by atoms with Gasteiger partial charge in [-0.2, -0.15) is 0 Å². The zero-order chi connectivity index (χ0) is 18.5. The van der Waals surface area contributed by atoms with Gasteiger partial charge < -0.3 is 10.6 Å². The van der Waals surface area contributed by atoms with Crippen molar-refractivity contribution in [3.05, 3.63) is 87.8 Å². The summed E-state index contributed by atoms with van der Waals surface area (Å²) in [5.74, 6) is -0.0416. The number of anilines is 2.